The van der Waals surface area contributed by atoms with E-state index in [0.29, 0.717) is 6.54 Å². The van der Waals surface area contributed by atoms with Gasteiger partial charge < -0.3 is 9.84 Å². The SMILES string of the molecule is c1ccc(-c2cc(CNc3ncnc4ccccc34)on2)cc1. The summed E-state index contributed by atoms with van der Waals surface area (Å²) in [5.41, 5.74) is 2.78. The molecule has 0 atom stereocenters. The van der Waals surface area contributed by atoms with Crippen LogP contribution in [0.25, 0.3) is 22.2 Å². The smallest absolute Gasteiger partial charge is 0.156 e. The van der Waals surface area contributed by atoms with Gasteiger partial charge in [-0.05, 0) is 12.1 Å². The van der Waals surface area contributed by atoms with Crippen molar-refractivity contribution in [1.29, 1.82) is 0 Å². The van der Waals surface area contributed by atoms with Gasteiger partial charge in [-0.2, -0.15) is 0 Å². The van der Waals surface area contributed by atoms with Crippen LogP contribution in [0.15, 0.2) is 71.5 Å². The van der Waals surface area contributed by atoms with Crippen LogP contribution in [0, 0.1) is 0 Å². The summed E-state index contributed by atoms with van der Waals surface area (Å²) in [7, 11) is 0. The van der Waals surface area contributed by atoms with Gasteiger partial charge in [0.15, 0.2) is 5.76 Å². The lowest BCUT2D eigenvalue weighted by Crippen LogP contribution is -2.01. The summed E-state index contributed by atoms with van der Waals surface area (Å²) in [5, 5.41) is 8.38. The number of para-hydroxylation sites is 1. The van der Waals surface area contributed by atoms with Crippen LogP contribution in [0.2, 0.25) is 0 Å². The molecule has 5 heteroatoms. The van der Waals surface area contributed by atoms with Crippen LogP contribution >= 0.6 is 0 Å². The van der Waals surface area contributed by atoms with Crippen LogP contribution in [0.1, 0.15) is 5.76 Å². The Balaban J connectivity index is 1.54. The maximum atomic E-state index is 5.40. The lowest BCUT2D eigenvalue weighted by molar-refractivity contribution is 0.390. The number of benzene rings is 2. The zero-order valence-electron chi connectivity index (χ0n) is 12.3. The molecular weight excluding hydrogens is 288 g/mol. The van der Waals surface area contributed by atoms with Crippen LogP contribution in [0.5, 0.6) is 0 Å². The van der Waals surface area contributed by atoms with Crippen molar-refractivity contribution in [2.24, 2.45) is 0 Å². The van der Waals surface area contributed by atoms with E-state index < -0.39 is 0 Å². The van der Waals surface area contributed by atoms with Crippen LogP contribution in [0.3, 0.4) is 0 Å². The van der Waals surface area contributed by atoms with Crippen molar-refractivity contribution < 1.29 is 4.52 Å². The first-order chi connectivity index (χ1) is 11.4. The molecule has 0 unspecified atom stereocenters. The number of fused-ring (bicyclic) bond motifs is 1. The van der Waals surface area contributed by atoms with Crippen molar-refractivity contribution in [2.45, 2.75) is 6.54 Å². The molecule has 0 fully saturated rings. The minimum atomic E-state index is 0.515. The first kappa shape index (κ1) is 13.5. The first-order valence-corrected chi connectivity index (χ1v) is 7.35. The molecule has 0 saturated heterocycles. The number of anilines is 1. The van der Waals surface area contributed by atoms with Crippen molar-refractivity contribution in [2.75, 3.05) is 5.32 Å². The van der Waals surface area contributed by atoms with Gasteiger partial charge in [0.2, 0.25) is 0 Å². The predicted molar refractivity (Wildman–Crippen MR) is 88.8 cm³/mol. The second-order valence-corrected chi connectivity index (χ2v) is 5.14. The quantitative estimate of drug-likeness (QED) is 0.619. The van der Waals surface area contributed by atoms with Crippen molar-refractivity contribution in [3.05, 3.63) is 72.8 Å². The molecule has 0 aliphatic rings. The van der Waals surface area contributed by atoms with Gasteiger partial charge in [0.1, 0.15) is 17.8 Å². The minimum Gasteiger partial charge on any atom is -0.362 e. The highest BCUT2D eigenvalue weighted by atomic mass is 16.5. The highest BCUT2D eigenvalue weighted by Gasteiger charge is 2.07. The Labute approximate surface area is 133 Å². The third-order valence-corrected chi connectivity index (χ3v) is 3.60. The fourth-order valence-corrected chi connectivity index (χ4v) is 2.46. The maximum absolute atomic E-state index is 5.40. The van der Waals surface area contributed by atoms with Gasteiger partial charge in [-0.15, -0.1) is 0 Å². The van der Waals surface area contributed by atoms with Gasteiger partial charge in [-0.3, -0.25) is 0 Å². The van der Waals surface area contributed by atoms with E-state index in [2.05, 4.69) is 20.4 Å². The van der Waals surface area contributed by atoms with Crippen molar-refractivity contribution in [3.63, 3.8) is 0 Å². The third kappa shape index (κ3) is 2.76. The van der Waals surface area contributed by atoms with Gasteiger partial charge in [0.25, 0.3) is 0 Å². The maximum Gasteiger partial charge on any atom is 0.156 e. The number of hydrogen-bond acceptors (Lipinski definition) is 5. The Bertz CT molecular complexity index is 929. The summed E-state index contributed by atoms with van der Waals surface area (Å²) in [6.07, 6.45) is 1.56. The molecule has 2 aromatic heterocycles. The Kier molecular flexibility index (Phi) is 3.44. The van der Waals surface area contributed by atoms with Gasteiger partial charge in [-0.25, -0.2) is 9.97 Å². The molecule has 0 saturated carbocycles. The summed E-state index contributed by atoms with van der Waals surface area (Å²) in [6, 6.07) is 19.8. The Morgan fingerprint density at radius 3 is 2.65 bits per heavy atom. The van der Waals surface area contributed by atoms with Crippen LogP contribution < -0.4 is 5.32 Å². The van der Waals surface area contributed by atoms with E-state index in [1.807, 2.05) is 60.7 Å². The minimum absolute atomic E-state index is 0.515. The van der Waals surface area contributed by atoms with Gasteiger partial charge in [0, 0.05) is 17.0 Å². The second kappa shape index (κ2) is 5.88. The van der Waals surface area contributed by atoms with E-state index in [1.165, 1.54) is 0 Å². The predicted octanol–water partition coefficient (Wildman–Crippen LogP) is 3.90. The molecule has 0 amide bonds. The topological polar surface area (TPSA) is 63.8 Å². The fourth-order valence-electron chi connectivity index (χ4n) is 2.46. The normalized spacial score (nSPS) is 10.8. The standard InChI is InChI=1S/C18H14N4O/c1-2-6-13(7-3-1)17-10-14(23-22-17)11-19-18-15-8-4-5-9-16(15)20-12-21-18/h1-10,12H,11H2,(H,19,20,21). The zero-order valence-corrected chi connectivity index (χ0v) is 12.3. The molecule has 0 aliphatic carbocycles. The van der Waals surface area contributed by atoms with E-state index >= 15 is 0 Å². The van der Waals surface area contributed by atoms with Crippen LogP contribution in [-0.2, 0) is 6.54 Å². The van der Waals surface area contributed by atoms with Gasteiger partial charge in [0.05, 0.1) is 12.1 Å². The lowest BCUT2D eigenvalue weighted by atomic mass is 10.1. The molecular formula is C18H14N4O. The summed E-state index contributed by atoms with van der Waals surface area (Å²) < 4.78 is 5.40. The number of nitrogens with zero attached hydrogens (tertiary/aromatic N) is 3. The van der Waals surface area contributed by atoms with E-state index in [4.69, 9.17) is 4.52 Å². The molecule has 0 radical (unpaired) electrons. The molecule has 23 heavy (non-hydrogen) atoms. The van der Waals surface area contributed by atoms with E-state index in [0.717, 1.165) is 33.7 Å². The molecule has 0 bridgehead atoms. The molecule has 0 spiro atoms. The Morgan fingerprint density at radius 1 is 0.913 bits per heavy atom. The van der Waals surface area contributed by atoms with Crippen molar-refractivity contribution in [1.82, 2.24) is 15.1 Å². The fraction of sp³-hybridized carbons (Fsp3) is 0.0556. The number of rotatable bonds is 4. The van der Waals surface area contributed by atoms with Crippen molar-refractivity contribution >= 4 is 16.7 Å². The third-order valence-electron chi connectivity index (χ3n) is 3.60. The summed E-state index contributed by atoms with van der Waals surface area (Å²) in [6.45, 7) is 0.515. The molecule has 0 aliphatic heterocycles. The summed E-state index contributed by atoms with van der Waals surface area (Å²) in [4.78, 5) is 8.56. The molecule has 2 aromatic carbocycles. The number of hydrogen-bond donors (Lipinski definition) is 1. The highest BCUT2D eigenvalue weighted by Crippen LogP contribution is 2.21. The van der Waals surface area contributed by atoms with E-state index in [-0.39, 0.29) is 0 Å². The Hall–Kier alpha value is -3.21. The van der Waals surface area contributed by atoms with Crippen molar-refractivity contribution in [3.8, 4) is 11.3 Å². The molecule has 112 valence electrons. The molecule has 4 rings (SSSR count). The lowest BCUT2D eigenvalue weighted by Gasteiger charge is -2.05. The van der Waals surface area contributed by atoms with E-state index in [1.54, 1.807) is 6.33 Å². The summed E-state index contributed by atoms with van der Waals surface area (Å²) in [5.74, 6) is 1.54. The van der Waals surface area contributed by atoms with Crippen LogP contribution in [0.4, 0.5) is 5.82 Å². The average Bonchev–Trinajstić information content (AvgIpc) is 3.10. The average molecular weight is 302 g/mol. The van der Waals surface area contributed by atoms with E-state index in [9.17, 15) is 0 Å². The van der Waals surface area contributed by atoms with Gasteiger partial charge in [-0.1, -0.05) is 47.6 Å². The molecule has 2 heterocycles. The zero-order chi connectivity index (χ0) is 15.5. The number of nitrogens with one attached hydrogen (secondary N) is 1. The second-order valence-electron chi connectivity index (χ2n) is 5.14. The first-order valence-electron chi connectivity index (χ1n) is 7.35. The Morgan fingerprint density at radius 2 is 1.74 bits per heavy atom. The van der Waals surface area contributed by atoms with Gasteiger partial charge >= 0.3 is 0 Å². The molecule has 5 nitrogen and oxygen atoms in total. The summed E-state index contributed by atoms with van der Waals surface area (Å²) >= 11 is 0. The molecule has 1 N–H and O–H groups in total. The molecule has 4 aromatic rings. The monoisotopic (exact) mass is 302 g/mol. The van der Waals surface area contributed by atoms with Crippen LogP contribution in [-0.4, -0.2) is 15.1 Å². The highest BCUT2D eigenvalue weighted by molar-refractivity contribution is 5.88. The number of aromatic nitrogens is 3. The largest absolute Gasteiger partial charge is 0.362 e.